The number of hydrogen-bond donors (Lipinski definition) is 0. The predicted octanol–water partition coefficient (Wildman–Crippen LogP) is 3.40. The highest BCUT2D eigenvalue weighted by molar-refractivity contribution is 6.33. The molecule has 0 aliphatic heterocycles. The van der Waals surface area contributed by atoms with E-state index in [1.165, 1.54) is 0 Å². The van der Waals surface area contributed by atoms with E-state index in [-0.39, 0.29) is 0 Å². The summed E-state index contributed by atoms with van der Waals surface area (Å²) in [5, 5.41) is 0.718. The first-order valence-electron chi connectivity index (χ1n) is 3.58. The molecule has 0 atom stereocenters. The summed E-state index contributed by atoms with van der Waals surface area (Å²) in [4.78, 5) is 0. The van der Waals surface area contributed by atoms with Crippen molar-refractivity contribution in [1.29, 1.82) is 0 Å². The third kappa shape index (κ3) is 1.23. The lowest BCUT2D eigenvalue weighted by atomic mass is 10.1. The van der Waals surface area contributed by atoms with Crippen molar-refractivity contribution in [2.45, 2.75) is 0 Å². The Hall–Kier alpha value is -1.21. The summed E-state index contributed by atoms with van der Waals surface area (Å²) in [7, 11) is 0. The van der Waals surface area contributed by atoms with Crippen molar-refractivity contribution in [2.24, 2.45) is 0 Å². The van der Waals surface area contributed by atoms with Gasteiger partial charge in [0.25, 0.3) is 0 Å². The maximum absolute atomic E-state index is 5.95. The van der Waals surface area contributed by atoms with Gasteiger partial charge in [-0.05, 0) is 12.1 Å². The fourth-order valence-corrected chi connectivity index (χ4v) is 1.30. The molecule has 0 N–H and O–H groups in total. The average molecular weight is 178 g/mol. The van der Waals surface area contributed by atoms with Gasteiger partial charge in [0.1, 0.15) is 0 Å². The Morgan fingerprint density at radius 1 is 1.17 bits per heavy atom. The Morgan fingerprint density at radius 2 is 2.00 bits per heavy atom. The summed E-state index contributed by atoms with van der Waals surface area (Å²) >= 11 is 5.95. The first-order chi connectivity index (χ1) is 5.88. The molecule has 12 heavy (non-hydrogen) atoms. The Kier molecular flexibility index (Phi) is 1.88. The molecule has 0 amide bonds. The first kappa shape index (κ1) is 7.44. The van der Waals surface area contributed by atoms with Crippen molar-refractivity contribution in [3.63, 3.8) is 0 Å². The van der Waals surface area contributed by atoms with Crippen LogP contribution in [0.2, 0.25) is 5.02 Å². The van der Waals surface area contributed by atoms with E-state index in [0.717, 1.165) is 16.1 Å². The van der Waals surface area contributed by atoms with Crippen LogP contribution in [-0.2, 0) is 0 Å². The summed E-state index contributed by atoms with van der Waals surface area (Å²) in [6, 6.07) is 9.44. The van der Waals surface area contributed by atoms with Crippen LogP contribution in [0.25, 0.3) is 11.1 Å². The number of hydrogen-bond acceptors (Lipinski definition) is 1. The van der Waals surface area contributed by atoms with Gasteiger partial charge in [-0.1, -0.05) is 29.8 Å². The molecule has 0 spiro atoms. The van der Waals surface area contributed by atoms with Crippen molar-refractivity contribution in [2.75, 3.05) is 0 Å². The molecule has 2 aromatic rings. The first-order valence-corrected chi connectivity index (χ1v) is 3.96. The van der Waals surface area contributed by atoms with Crippen molar-refractivity contribution >= 4 is 11.6 Å². The van der Waals surface area contributed by atoms with Crippen molar-refractivity contribution < 1.29 is 4.42 Å². The molecule has 1 nitrogen and oxygen atoms in total. The number of halogens is 1. The normalized spacial score (nSPS) is 10.1. The van der Waals surface area contributed by atoms with Crippen LogP contribution in [0, 0.1) is 6.26 Å². The highest BCUT2D eigenvalue weighted by atomic mass is 35.5. The van der Waals surface area contributed by atoms with Gasteiger partial charge < -0.3 is 4.42 Å². The average Bonchev–Trinajstić information content (AvgIpc) is 2.57. The van der Waals surface area contributed by atoms with Crippen LogP contribution in [0.4, 0.5) is 0 Å². The summed E-state index contributed by atoms with van der Waals surface area (Å²) in [6.45, 7) is 0. The van der Waals surface area contributed by atoms with Gasteiger partial charge in [-0.2, -0.15) is 0 Å². The second-order valence-corrected chi connectivity index (χ2v) is 2.82. The molecule has 0 unspecified atom stereocenters. The third-order valence-corrected chi connectivity index (χ3v) is 1.97. The van der Waals surface area contributed by atoms with Gasteiger partial charge in [-0.3, -0.25) is 0 Å². The van der Waals surface area contributed by atoms with Crippen LogP contribution < -0.4 is 0 Å². The van der Waals surface area contributed by atoms with Crippen LogP contribution in [0.15, 0.2) is 41.0 Å². The Bertz CT molecular complexity index is 365. The molecule has 0 aliphatic carbocycles. The lowest BCUT2D eigenvalue weighted by Crippen LogP contribution is -1.73. The van der Waals surface area contributed by atoms with E-state index in [1.54, 1.807) is 6.26 Å². The fourth-order valence-electron chi connectivity index (χ4n) is 1.06. The summed E-state index contributed by atoms with van der Waals surface area (Å²) in [6.07, 6.45) is 4.32. The standard InChI is InChI=1S/C10H6ClO/c11-10-4-2-1-3-9(10)8-5-6-12-7-8/h1-6H. The van der Waals surface area contributed by atoms with Gasteiger partial charge in [0.2, 0.25) is 0 Å². The van der Waals surface area contributed by atoms with Crippen molar-refractivity contribution in [1.82, 2.24) is 0 Å². The van der Waals surface area contributed by atoms with E-state index < -0.39 is 0 Å². The topological polar surface area (TPSA) is 13.1 Å². The largest absolute Gasteiger partial charge is 0.460 e. The van der Waals surface area contributed by atoms with Gasteiger partial charge in [-0.15, -0.1) is 0 Å². The minimum atomic E-state index is 0.718. The molecule has 2 heteroatoms. The maximum atomic E-state index is 5.95. The van der Waals surface area contributed by atoms with Crippen molar-refractivity contribution in [3.8, 4) is 11.1 Å². The van der Waals surface area contributed by atoms with E-state index in [0.29, 0.717) is 0 Å². The molecular formula is C10H6ClO. The molecule has 0 saturated carbocycles. The van der Waals surface area contributed by atoms with E-state index in [9.17, 15) is 0 Å². The third-order valence-electron chi connectivity index (χ3n) is 1.64. The van der Waals surface area contributed by atoms with E-state index in [4.69, 9.17) is 16.0 Å². The zero-order valence-electron chi connectivity index (χ0n) is 6.25. The van der Waals surface area contributed by atoms with E-state index in [2.05, 4.69) is 6.26 Å². The molecule has 1 aromatic carbocycles. The quantitative estimate of drug-likeness (QED) is 0.651. The highest BCUT2D eigenvalue weighted by Crippen LogP contribution is 2.26. The lowest BCUT2D eigenvalue weighted by molar-refractivity contribution is 0.559. The van der Waals surface area contributed by atoms with Crippen LogP contribution in [-0.4, -0.2) is 0 Å². The summed E-state index contributed by atoms with van der Waals surface area (Å²) in [5.74, 6) is 0. The van der Waals surface area contributed by atoms with Crippen LogP contribution in [0.3, 0.4) is 0 Å². The Labute approximate surface area is 75.6 Å². The molecular weight excluding hydrogens is 172 g/mol. The van der Waals surface area contributed by atoms with E-state index >= 15 is 0 Å². The minimum Gasteiger partial charge on any atom is -0.460 e. The summed E-state index contributed by atoms with van der Waals surface area (Å²) < 4.78 is 4.84. The molecule has 0 bridgehead atoms. The van der Waals surface area contributed by atoms with Crippen LogP contribution >= 0.6 is 11.6 Å². The second kappa shape index (κ2) is 3.03. The maximum Gasteiger partial charge on any atom is 0.177 e. The zero-order valence-corrected chi connectivity index (χ0v) is 7.01. The molecule has 2 rings (SSSR count). The molecule has 0 aliphatic rings. The van der Waals surface area contributed by atoms with Gasteiger partial charge in [-0.25, -0.2) is 0 Å². The SMILES string of the molecule is Clc1ccccc1-c1[c]occ1. The van der Waals surface area contributed by atoms with Gasteiger partial charge in [0.05, 0.1) is 6.26 Å². The number of rotatable bonds is 1. The molecule has 0 saturated heterocycles. The van der Waals surface area contributed by atoms with Gasteiger partial charge >= 0.3 is 0 Å². The zero-order chi connectivity index (χ0) is 8.39. The van der Waals surface area contributed by atoms with Crippen LogP contribution in [0.1, 0.15) is 0 Å². The molecule has 1 aromatic heterocycles. The Morgan fingerprint density at radius 3 is 2.67 bits per heavy atom. The summed E-state index contributed by atoms with van der Waals surface area (Å²) in [5.41, 5.74) is 1.84. The van der Waals surface area contributed by atoms with Crippen molar-refractivity contribution in [3.05, 3.63) is 47.9 Å². The predicted molar refractivity (Wildman–Crippen MR) is 48.0 cm³/mol. The number of benzene rings is 1. The molecule has 59 valence electrons. The minimum absolute atomic E-state index is 0.718. The highest BCUT2D eigenvalue weighted by Gasteiger charge is 2.02. The lowest BCUT2D eigenvalue weighted by Gasteiger charge is -1.97. The van der Waals surface area contributed by atoms with Gasteiger partial charge in [0.15, 0.2) is 6.26 Å². The molecule has 0 fully saturated rings. The monoisotopic (exact) mass is 177 g/mol. The van der Waals surface area contributed by atoms with E-state index in [1.807, 2.05) is 30.3 Å². The van der Waals surface area contributed by atoms with Gasteiger partial charge in [0, 0.05) is 16.1 Å². The molecule has 1 heterocycles. The Balaban J connectivity index is 2.55. The second-order valence-electron chi connectivity index (χ2n) is 2.42. The molecule has 1 radical (unpaired) electrons. The van der Waals surface area contributed by atoms with Crippen LogP contribution in [0.5, 0.6) is 0 Å². The smallest absolute Gasteiger partial charge is 0.177 e. The fraction of sp³-hybridized carbons (Fsp3) is 0. The number of furan rings is 1.